The van der Waals surface area contributed by atoms with Gasteiger partial charge in [0.2, 0.25) is 41.4 Å². The molecule has 0 aromatic heterocycles. The molecule has 17 nitrogen and oxygen atoms in total. The Morgan fingerprint density at radius 2 is 0.982 bits per heavy atom. The van der Waals surface area contributed by atoms with Crippen molar-refractivity contribution >= 4 is 47.3 Å². The maximum Gasteiger partial charge on any atom is 0.326 e. The molecule has 0 aliphatic carbocycles. The lowest BCUT2D eigenvalue weighted by Gasteiger charge is -2.32. The number of carbonyl (C=O) groups is 8. The van der Waals surface area contributed by atoms with E-state index < -0.39 is 65.8 Å². The first-order chi connectivity index (χ1) is 26.5. The van der Waals surface area contributed by atoms with Crippen molar-refractivity contribution in [1.82, 2.24) is 35.1 Å². The summed E-state index contributed by atoms with van der Waals surface area (Å²) in [5, 5.41) is 14.8. The molecule has 0 radical (unpaired) electrons. The predicted octanol–water partition coefficient (Wildman–Crippen LogP) is -1.17. The summed E-state index contributed by atoms with van der Waals surface area (Å²) < 4.78 is 0. The number of nitrogens with two attached hydrogens (primary N) is 1. The topological polar surface area (TPSA) is 223 Å². The van der Waals surface area contributed by atoms with Crippen molar-refractivity contribution < 1.29 is 43.5 Å². The van der Waals surface area contributed by atoms with Gasteiger partial charge in [-0.25, -0.2) is 4.79 Å². The Hall–Kier alpha value is -5.06. The Morgan fingerprint density at radius 1 is 0.582 bits per heavy atom. The average molecular weight is 765 g/mol. The van der Waals surface area contributed by atoms with E-state index in [-0.39, 0.29) is 30.8 Å². The number of likely N-dealkylation sites (tertiary alicyclic amines) is 5. The molecule has 5 aliphatic rings. The Balaban J connectivity index is 0.984. The lowest BCUT2D eigenvalue weighted by Crippen LogP contribution is -2.56. The van der Waals surface area contributed by atoms with Crippen LogP contribution < -0.4 is 16.4 Å². The number of aliphatic carboxylic acids is 1. The molecule has 298 valence electrons. The normalized spacial score (nSPS) is 25.6. The van der Waals surface area contributed by atoms with Crippen LogP contribution in [0.3, 0.4) is 0 Å². The quantitative estimate of drug-likeness (QED) is 0.200. The van der Waals surface area contributed by atoms with Crippen molar-refractivity contribution in [3.63, 3.8) is 0 Å². The number of nitrogens with zero attached hydrogens (tertiary/aromatic N) is 5. The lowest BCUT2D eigenvalue weighted by atomic mass is 10.1. The Labute approximate surface area is 319 Å². The highest BCUT2D eigenvalue weighted by Crippen LogP contribution is 2.27. The molecule has 0 spiro atoms. The molecule has 5 aliphatic heterocycles. The van der Waals surface area contributed by atoms with Gasteiger partial charge < -0.3 is 46.0 Å². The minimum Gasteiger partial charge on any atom is -0.480 e. The van der Waals surface area contributed by atoms with E-state index in [1.54, 1.807) is 0 Å². The van der Waals surface area contributed by atoms with Crippen molar-refractivity contribution in [3.8, 4) is 0 Å². The van der Waals surface area contributed by atoms with E-state index in [1.165, 1.54) is 24.5 Å². The molecule has 0 unspecified atom stereocenters. The summed E-state index contributed by atoms with van der Waals surface area (Å²) in [4.78, 5) is 112. The van der Waals surface area contributed by atoms with E-state index in [1.807, 2.05) is 30.3 Å². The minimum atomic E-state index is -1.07. The molecule has 1 aromatic carbocycles. The zero-order valence-electron chi connectivity index (χ0n) is 31.1. The van der Waals surface area contributed by atoms with Crippen molar-refractivity contribution in [3.05, 3.63) is 35.9 Å². The van der Waals surface area contributed by atoms with E-state index in [4.69, 9.17) is 5.73 Å². The Kier molecular flexibility index (Phi) is 12.7. The Bertz CT molecular complexity index is 1660. The standard InChI is InChI=1S/C38H52N8O9/c39-25(21-24-9-2-1-3-10-24)35(51)44-18-4-11-26(44)33(49)40-22-31(47)42-16-6-13-28(42)36(52)45-19-5-12-27(45)34(50)41-23-32(48)43-17-7-14-29(43)37(53)46-20-8-15-30(46)38(54)55/h1-3,9-10,25-30H,4-8,11-23,39H2,(H,40,49)(H,41,50)(H,54,55)/t25-,26-,27-,28-,29-,30-/m0/s1. The van der Waals surface area contributed by atoms with Gasteiger partial charge in [0.05, 0.1) is 19.1 Å². The van der Waals surface area contributed by atoms with Gasteiger partial charge in [0.1, 0.15) is 30.2 Å². The van der Waals surface area contributed by atoms with Crippen LogP contribution in [0, 0.1) is 0 Å². The van der Waals surface area contributed by atoms with E-state index >= 15 is 0 Å². The highest BCUT2D eigenvalue weighted by Gasteiger charge is 2.44. The summed E-state index contributed by atoms with van der Waals surface area (Å²) in [6.07, 6.45) is 5.25. The number of rotatable bonds is 12. The number of hydrogen-bond acceptors (Lipinski definition) is 9. The van der Waals surface area contributed by atoms with Gasteiger partial charge in [-0.3, -0.25) is 33.6 Å². The molecule has 5 saturated heterocycles. The third-order valence-electron chi connectivity index (χ3n) is 11.7. The third kappa shape index (κ3) is 8.76. The molecule has 5 fully saturated rings. The van der Waals surface area contributed by atoms with Gasteiger partial charge in [-0.05, 0) is 76.2 Å². The molecule has 17 heteroatoms. The van der Waals surface area contributed by atoms with Crippen molar-refractivity contribution in [2.24, 2.45) is 5.73 Å². The Morgan fingerprint density at radius 3 is 1.47 bits per heavy atom. The van der Waals surface area contributed by atoms with Gasteiger partial charge in [-0.15, -0.1) is 0 Å². The van der Waals surface area contributed by atoms with Crippen LogP contribution in [-0.4, -0.2) is 159 Å². The molecular weight excluding hydrogens is 712 g/mol. The highest BCUT2D eigenvalue weighted by atomic mass is 16.4. The van der Waals surface area contributed by atoms with Gasteiger partial charge in [0.25, 0.3) is 0 Å². The lowest BCUT2D eigenvalue weighted by molar-refractivity contribution is -0.151. The summed E-state index contributed by atoms with van der Waals surface area (Å²) >= 11 is 0. The second-order valence-electron chi connectivity index (χ2n) is 15.1. The number of carbonyl (C=O) groups excluding carboxylic acids is 7. The van der Waals surface area contributed by atoms with Crippen LogP contribution >= 0.6 is 0 Å². The number of carboxylic acid groups (broad SMARTS) is 1. The monoisotopic (exact) mass is 764 g/mol. The van der Waals surface area contributed by atoms with Crippen LogP contribution in [-0.2, 0) is 44.8 Å². The van der Waals surface area contributed by atoms with E-state index in [2.05, 4.69) is 10.6 Å². The summed E-state index contributed by atoms with van der Waals surface area (Å²) in [7, 11) is 0. The molecule has 1 aromatic rings. The third-order valence-corrected chi connectivity index (χ3v) is 11.7. The minimum absolute atomic E-state index is 0.307. The van der Waals surface area contributed by atoms with Gasteiger partial charge in [0.15, 0.2) is 0 Å². The fraction of sp³-hybridized carbons (Fsp3) is 0.632. The largest absolute Gasteiger partial charge is 0.480 e. The average Bonchev–Trinajstić information content (AvgIpc) is 4.04. The zero-order chi connectivity index (χ0) is 39.2. The number of nitrogens with one attached hydrogen (secondary N) is 2. The van der Waals surface area contributed by atoms with Crippen molar-refractivity contribution in [2.75, 3.05) is 45.8 Å². The first-order valence-corrected chi connectivity index (χ1v) is 19.5. The van der Waals surface area contributed by atoms with E-state index in [0.29, 0.717) is 103 Å². The zero-order valence-corrected chi connectivity index (χ0v) is 31.1. The van der Waals surface area contributed by atoms with Gasteiger partial charge >= 0.3 is 5.97 Å². The van der Waals surface area contributed by atoms with Crippen LogP contribution in [0.2, 0.25) is 0 Å². The van der Waals surface area contributed by atoms with Crippen LogP contribution in [0.4, 0.5) is 0 Å². The van der Waals surface area contributed by atoms with Crippen molar-refractivity contribution in [1.29, 1.82) is 0 Å². The van der Waals surface area contributed by atoms with E-state index in [0.717, 1.165) is 5.56 Å². The first-order valence-electron chi connectivity index (χ1n) is 19.5. The first kappa shape index (κ1) is 39.6. The molecule has 0 saturated carbocycles. The van der Waals surface area contributed by atoms with Crippen LogP contribution in [0.1, 0.15) is 69.8 Å². The van der Waals surface area contributed by atoms with Crippen LogP contribution in [0.5, 0.6) is 0 Å². The summed E-state index contributed by atoms with van der Waals surface area (Å²) in [5.74, 6) is -4.01. The fourth-order valence-electron chi connectivity index (χ4n) is 8.85. The molecular formula is C38H52N8O9. The molecule has 55 heavy (non-hydrogen) atoms. The molecule has 6 atom stereocenters. The molecule has 5 N–H and O–H groups in total. The highest BCUT2D eigenvalue weighted by molar-refractivity contribution is 5.97. The smallest absolute Gasteiger partial charge is 0.326 e. The van der Waals surface area contributed by atoms with Crippen LogP contribution in [0.25, 0.3) is 0 Å². The SMILES string of the molecule is N[C@@H](Cc1ccccc1)C(=O)N1CCC[C@H]1C(=O)NCC(=O)N1CCC[C@H]1C(=O)N1CCC[C@H]1C(=O)NCC(=O)N1CCC[C@H]1C(=O)N1CCC[C@H]1C(=O)O. The van der Waals surface area contributed by atoms with Crippen molar-refractivity contribution in [2.45, 2.75) is 107 Å². The molecule has 6 rings (SSSR count). The number of hydrogen-bond donors (Lipinski definition) is 4. The number of amides is 7. The predicted molar refractivity (Wildman–Crippen MR) is 195 cm³/mol. The van der Waals surface area contributed by atoms with Crippen LogP contribution in [0.15, 0.2) is 30.3 Å². The maximum absolute atomic E-state index is 13.9. The molecule has 5 heterocycles. The fourth-order valence-corrected chi connectivity index (χ4v) is 8.85. The van der Waals surface area contributed by atoms with E-state index in [9.17, 15) is 43.5 Å². The maximum atomic E-state index is 13.9. The number of carboxylic acids is 1. The van der Waals surface area contributed by atoms with Gasteiger partial charge in [-0.1, -0.05) is 30.3 Å². The van der Waals surface area contributed by atoms with Gasteiger partial charge in [0, 0.05) is 32.7 Å². The number of benzene rings is 1. The summed E-state index contributed by atoms with van der Waals surface area (Å²) in [5.41, 5.74) is 7.15. The summed E-state index contributed by atoms with van der Waals surface area (Å²) in [6, 6.07) is 4.49. The van der Waals surface area contributed by atoms with Gasteiger partial charge in [-0.2, -0.15) is 0 Å². The second-order valence-corrected chi connectivity index (χ2v) is 15.1. The molecule has 7 amide bonds. The molecule has 0 bridgehead atoms. The summed E-state index contributed by atoms with van der Waals surface area (Å²) in [6.45, 7) is 0.923. The second kappa shape index (κ2) is 17.6.